The Morgan fingerprint density at radius 1 is 0.739 bits per heavy atom. The Bertz CT molecular complexity index is 388. The maximum absolute atomic E-state index is 10.7. The fourth-order valence-corrected chi connectivity index (χ4v) is 3.44. The average Bonchev–Trinajstić information content (AvgIpc) is 2.55. The van der Waals surface area contributed by atoms with Gasteiger partial charge in [0.15, 0.2) is 0 Å². The van der Waals surface area contributed by atoms with E-state index in [1.807, 2.05) is 0 Å². The summed E-state index contributed by atoms with van der Waals surface area (Å²) in [4.78, 5) is 0. The molecule has 1 aromatic carbocycles. The molecule has 1 nitrogen and oxygen atoms in total. The van der Waals surface area contributed by atoms with E-state index in [9.17, 15) is 5.11 Å². The summed E-state index contributed by atoms with van der Waals surface area (Å²) in [6, 6.07) is 6.37. The number of para-hydroxylation sites is 1. The van der Waals surface area contributed by atoms with Crippen molar-refractivity contribution in [3.05, 3.63) is 29.3 Å². The van der Waals surface area contributed by atoms with E-state index in [4.69, 9.17) is 0 Å². The molecule has 0 aliphatic rings. The van der Waals surface area contributed by atoms with Crippen LogP contribution in [0.1, 0.15) is 115 Å². The number of benzene rings is 1. The van der Waals surface area contributed by atoms with E-state index in [2.05, 4.69) is 45.9 Å². The van der Waals surface area contributed by atoms with Crippen LogP contribution in [-0.2, 0) is 0 Å². The number of rotatable bonds is 12. The lowest BCUT2D eigenvalue weighted by Crippen LogP contribution is -2.00. The van der Waals surface area contributed by atoms with Crippen molar-refractivity contribution in [3.8, 4) is 5.75 Å². The van der Waals surface area contributed by atoms with Crippen LogP contribution in [-0.4, -0.2) is 5.11 Å². The molecule has 2 unspecified atom stereocenters. The van der Waals surface area contributed by atoms with Crippen LogP contribution in [0.2, 0.25) is 0 Å². The number of phenolic OH excluding ortho intramolecular Hbond substituents is 1. The molecule has 0 bridgehead atoms. The maximum atomic E-state index is 10.7. The second-order valence-corrected chi connectivity index (χ2v) is 7.29. The second kappa shape index (κ2) is 11.5. The topological polar surface area (TPSA) is 20.2 Å². The van der Waals surface area contributed by atoms with Crippen molar-refractivity contribution in [2.24, 2.45) is 0 Å². The minimum atomic E-state index is 0.457. The molecule has 0 saturated heterocycles. The van der Waals surface area contributed by atoms with E-state index < -0.39 is 0 Å². The third-order valence-corrected chi connectivity index (χ3v) is 5.14. The van der Waals surface area contributed by atoms with Crippen LogP contribution < -0.4 is 0 Å². The van der Waals surface area contributed by atoms with Crippen molar-refractivity contribution in [3.63, 3.8) is 0 Å². The van der Waals surface area contributed by atoms with Crippen molar-refractivity contribution < 1.29 is 5.11 Å². The van der Waals surface area contributed by atoms with Gasteiger partial charge in [-0.2, -0.15) is 0 Å². The van der Waals surface area contributed by atoms with Crippen LogP contribution in [0.15, 0.2) is 18.2 Å². The summed E-state index contributed by atoms with van der Waals surface area (Å²) < 4.78 is 0. The SMILES string of the molecule is CCCCCCC(C)c1cccc(C(C)CCCCCC)c1O. The Morgan fingerprint density at radius 3 is 1.57 bits per heavy atom. The zero-order valence-corrected chi connectivity index (χ0v) is 15.9. The summed E-state index contributed by atoms with van der Waals surface area (Å²) in [6.07, 6.45) is 12.8. The average molecular weight is 319 g/mol. The molecule has 1 rings (SSSR count). The van der Waals surface area contributed by atoms with Gasteiger partial charge >= 0.3 is 0 Å². The molecule has 1 aromatic rings. The van der Waals surface area contributed by atoms with Gasteiger partial charge in [0.25, 0.3) is 0 Å². The molecular formula is C22H38O. The van der Waals surface area contributed by atoms with Crippen LogP contribution in [0, 0.1) is 0 Å². The molecule has 0 aliphatic carbocycles. The Balaban J connectivity index is 2.62. The van der Waals surface area contributed by atoms with Gasteiger partial charge in [-0.3, -0.25) is 0 Å². The van der Waals surface area contributed by atoms with Gasteiger partial charge < -0.3 is 5.11 Å². The van der Waals surface area contributed by atoms with Crippen LogP contribution in [0.25, 0.3) is 0 Å². The van der Waals surface area contributed by atoms with Crippen molar-refractivity contribution in [2.45, 2.75) is 104 Å². The first-order valence-electron chi connectivity index (χ1n) is 9.93. The second-order valence-electron chi connectivity index (χ2n) is 7.29. The third kappa shape index (κ3) is 6.97. The molecule has 0 aromatic heterocycles. The van der Waals surface area contributed by atoms with Crippen molar-refractivity contribution in [1.29, 1.82) is 0 Å². The highest BCUT2D eigenvalue weighted by Gasteiger charge is 2.16. The summed E-state index contributed by atoms with van der Waals surface area (Å²) in [6.45, 7) is 9.02. The van der Waals surface area contributed by atoms with E-state index in [1.165, 1.54) is 64.2 Å². The van der Waals surface area contributed by atoms with Gasteiger partial charge in [0.2, 0.25) is 0 Å². The molecule has 0 aliphatic heterocycles. The highest BCUT2D eigenvalue weighted by atomic mass is 16.3. The predicted molar refractivity (Wildman–Crippen MR) is 102 cm³/mol. The zero-order valence-electron chi connectivity index (χ0n) is 15.9. The lowest BCUT2D eigenvalue weighted by Gasteiger charge is -2.19. The summed E-state index contributed by atoms with van der Waals surface area (Å²) >= 11 is 0. The number of phenols is 1. The van der Waals surface area contributed by atoms with Gasteiger partial charge in [0.1, 0.15) is 5.75 Å². The van der Waals surface area contributed by atoms with Gasteiger partial charge in [-0.15, -0.1) is 0 Å². The van der Waals surface area contributed by atoms with Gasteiger partial charge in [-0.25, -0.2) is 0 Å². The quantitative estimate of drug-likeness (QED) is 0.395. The Morgan fingerprint density at radius 2 is 1.17 bits per heavy atom. The smallest absolute Gasteiger partial charge is 0.122 e. The standard InChI is InChI=1S/C22H38O/c1-5-7-9-11-14-18(3)20-16-13-17-21(22(20)23)19(4)15-12-10-8-6-2/h13,16-19,23H,5-12,14-15H2,1-4H3. The minimum absolute atomic E-state index is 0.457. The van der Waals surface area contributed by atoms with Crippen LogP contribution >= 0.6 is 0 Å². The predicted octanol–water partition coefficient (Wildman–Crippen LogP) is 7.54. The zero-order chi connectivity index (χ0) is 17.1. The Labute approximate surface area is 144 Å². The first-order chi connectivity index (χ1) is 11.1. The molecule has 0 spiro atoms. The molecule has 1 heteroatoms. The lowest BCUT2D eigenvalue weighted by atomic mass is 9.88. The number of hydrogen-bond acceptors (Lipinski definition) is 1. The van der Waals surface area contributed by atoms with Gasteiger partial charge in [0.05, 0.1) is 0 Å². The molecule has 0 fully saturated rings. The van der Waals surface area contributed by atoms with Crippen molar-refractivity contribution in [1.82, 2.24) is 0 Å². The Kier molecular flexibility index (Phi) is 10.1. The first kappa shape index (κ1) is 20.1. The lowest BCUT2D eigenvalue weighted by molar-refractivity contribution is 0.442. The summed E-state index contributed by atoms with van der Waals surface area (Å²) in [5.74, 6) is 1.48. The molecule has 23 heavy (non-hydrogen) atoms. The van der Waals surface area contributed by atoms with Crippen molar-refractivity contribution in [2.75, 3.05) is 0 Å². The fraction of sp³-hybridized carbons (Fsp3) is 0.727. The summed E-state index contributed by atoms with van der Waals surface area (Å²) in [7, 11) is 0. The molecular weight excluding hydrogens is 280 g/mol. The molecule has 132 valence electrons. The van der Waals surface area contributed by atoms with Crippen LogP contribution in [0.4, 0.5) is 0 Å². The minimum Gasteiger partial charge on any atom is -0.507 e. The molecule has 2 atom stereocenters. The van der Waals surface area contributed by atoms with Gasteiger partial charge in [0, 0.05) is 0 Å². The molecule has 0 radical (unpaired) electrons. The largest absolute Gasteiger partial charge is 0.507 e. The maximum Gasteiger partial charge on any atom is 0.122 e. The molecule has 0 saturated carbocycles. The summed E-state index contributed by atoms with van der Waals surface area (Å²) in [5.41, 5.74) is 2.30. The van der Waals surface area contributed by atoms with Gasteiger partial charge in [-0.05, 0) is 35.8 Å². The third-order valence-electron chi connectivity index (χ3n) is 5.14. The highest BCUT2D eigenvalue weighted by molar-refractivity contribution is 5.44. The first-order valence-corrected chi connectivity index (χ1v) is 9.93. The number of unbranched alkanes of at least 4 members (excludes halogenated alkanes) is 6. The van der Waals surface area contributed by atoms with E-state index in [0.29, 0.717) is 17.6 Å². The normalized spacial score (nSPS) is 13.9. The molecule has 0 amide bonds. The van der Waals surface area contributed by atoms with E-state index in [0.717, 1.165) is 11.1 Å². The Hall–Kier alpha value is -0.980. The monoisotopic (exact) mass is 318 g/mol. The highest BCUT2D eigenvalue weighted by Crippen LogP contribution is 2.37. The van der Waals surface area contributed by atoms with Crippen LogP contribution in [0.3, 0.4) is 0 Å². The fourth-order valence-electron chi connectivity index (χ4n) is 3.44. The molecule has 1 N–H and O–H groups in total. The van der Waals surface area contributed by atoms with E-state index in [-0.39, 0.29) is 0 Å². The van der Waals surface area contributed by atoms with E-state index >= 15 is 0 Å². The molecule has 0 heterocycles. The number of aromatic hydroxyl groups is 1. The number of hydrogen-bond donors (Lipinski definition) is 1. The summed E-state index contributed by atoms with van der Waals surface area (Å²) in [5, 5.41) is 10.7. The van der Waals surface area contributed by atoms with Crippen LogP contribution in [0.5, 0.6) is 5.75 Å². The van der Waals surface area contributed by atoms with E-state index in [1.54, 1.807) is 0 Å². The van der Waals surface area contributed by atoms with Crippen molar-refractivity contribution >= 4 is 0 Å². The van der Waals surface area contributed by atoms with Gasteiger partial charge in [-0.1, -0.05) is 97.3 Å².